The van der Waals surface area contributed by atoms with E-state index in [1.54, 1.807) is 11.3 Å². The number of carbonyl (C=O) groups excluding carboxylic acids is 1. The normalized spacial score (nSPS) is 21.2. The van der Waals surface area contributed by atoms with Crippen LogP contribution in [0.15, 0.2) is 35.7 Å². The van der Waals surface area contributed by atoms with E-state index < -0.39 is 0 Å². The lowest BCUT2D eigenvalue weighted by Crippen LogP contribution is -2.27. The van der Waals surface area contributed by atoms with Gasteiger partial charge in [-0.05, 0) is 23.1 Å². The fourth-order valence-corrected chi connectivity index (χ4v) is 3.52. The van der Waals surface area contributed by atoms with Gasteiger partial charge in [0.25, 0.3) is 5.91 Å². The van der Waals surface area contributed by atoms with E-state index >= 15 is 0 Å². The van der Waals surface area contributed by atoms with E-state index in [1.807, 2.05) is 29.2 Å². The molecule has 0 fully saturated rings. The van der Waals surface area contributed by atoms with Gasteiger partial charge in [-0.15, -0.1) is 11.3 Å². The smallest absolute Gasteiger partial charge is 0.256 e. The number of ether oxygens (including phenoxy) is 1. The van der Waals surface area contributed by atoms with Crippen molar-refractivity contribution in [2.24, 2.45) is 0 Å². The van der Waals surface area contributed by atoms with E-state index in [-0.39, 0.29) is 12.1 Å². The highest BCUT2D eigenvalue weighted by atomic mass is 32.1. The standard InChI is InChI=1S/C14H11NO2S/c16-13-10-3-1-2-4-11(10)14-15(13)7-12-9(8-17-14)5-6-18-12/h1-6,14H,7-8H2. The molecule has 1 amide bonds. The van der Waals surface area contributed by atoms with Crippen molar-refractivity contribution in [2.45, 2.75) is 19.4 Å². The molecule has 2 aliphatic rings. The molecular weight excluding hydrogens is 246 g/mol. The van der Waals surface area contributed by atoms with Gasteiger partial charge < -0.3 is 9.64 Å². The summed E-state index contributed by atoms with van der Waals surface area (Å²) in [5.74, 6) is 0.0804. The molecule has 4 rings (SSSR count). The van der Waals surface area contributed by atoms with Gasteiger partial charge in [-0.25, -0.2) is 0 Å². The molecule has 18 heavy (non-hydrogen) atoms. The third-order valence-corrected chi connectivity index (χ3v) is 4.50. The topological polar surface area (TPSA) is 29.5 Å². The highest BCUT2D eigenvalue weighted by Crippen LogP contribution is 2.39. The van der Waals surface area contributed by atoms with Gasteiger partial charge >= 0.3 is 0 Å². The van der Waals surface area contributed by atoms with Crippen LogP contribution >= 0.6 is 11.3 Å². The fourth-order valence-electron chi connectivity index (χ4n) is 2.63. The Morgan fingerprint density at radius 2 is 2.17 bits per heavy atom. The number of rotatable bonds is 0. The van der Waals surface area contributed by atoms with E-state index in [0.29, 0.717) is 13.2 Å². The van der Waals surface area contributed by atoms with Gasteiger partial charge in [-0.3, -0.25) is 4.79 Å². The lowest BCUT2D eigenvalue weighted by atomic mass is 10.1. The molecule has 0 N–H and O–H groups in total. The molecule has 4 heteroatoms. The van der Waals surface area contributed by atoms with Crippen LogP contribution in [0.5, 0.6) is 0 Å². The molecule has 1 aromatic carbocycles. The van der Waals surface area contributed by atoms with Crippen molar-refractivity contribution in [2.75, 3.05) is 0 Å². The van der Waals surface area contributed by atoms with Crippen LogP contribution in [0.2, 0.25) is 0 Å². The summed E-state index contributed by atoms with van der Waals surface area (Å²) in [5, 5.41) is 2.06. The Labute approximate surface area is 109 Å². The van der Waals surface area contributed by atoms with Crippen molar-refractivity contribution in [3.63, 3.8) is 0 Å². The average molecular weight is 257 g/mol. The molecule has 0 saturated heterocycles. The van der Waals surface area contributed by atoms with Crippen LogP contribution in [0.25, 0.3) is 0 Å². The van der Waals surface area contributed by atoms with Gasteiger partial charge in [0.2, 0.25) is 0 Å². The number of hydrogen-bond donors (Lipinski definition) is 0. The highest BCUT2D eigenvalue weighted by Gasteiger charge is 2.39. The second-order valence-electron chi connectivity index (χ2n) is 4.55. The molecule has 1 aromatic heterocycles. The van der Waals surface area contributed by atoms with Crippen molar-refractivity contribution < 1.29 is 9.53 Å². The summed E-state index contributed by atoms with van der Waals surface area (Å²) >= 11 is 1.69. The first-order chi connectivity index (χ1) is 8.84. The number of hydrogen-bond acceptors (Lipinski definition) is 3. The van der Waals surface area contributed by atoms with Crippen LogP contribution in [-0.2, 0) is 17.9 Å². The van der Waals surface area contributed by atoms with E-state index in [0.717, 1.165) is 11.1 Å². The van der Waals surface area contributed by atoms with Gasteiger partial charge in [0.1, 0.15) is 0 Å². The van der Waals surface area contributed by atoms with Crippen LogP contribution in [0.3, 0.4) is 0 Å². The molecule has 3 heterocycles. The van der Waals surface area contributed by atoms with E-state index in [9.17, 15) is 4.79 Å². The number of benzene rings is 1. The first-order valence-corrected chi connectivity index (χ1v) is 6.79. The summed E-state index contributed by atoms with van der Waals surface area (Å²) in [6, 6.07) is 9.81. The Hall–Kier alpha value is -1.65. The first-order valence-electron chi connectivity index (χ1n) is 5.91. The lowest BCUT2D eigenvalue weighted by Gasteiger charge is -2.21. The minimum absolute atomic E-state index is 0.0804. The Morgan fingerprint density at radius 3 is 3.11 bits per heavy atom. The molecule has 0 bridgehead atoms. The van der Waals surface area contributed by atoms with Crippen molar-refractivity contribution in [1.82, 2.24) is 4.90 Å². The summed E-state index contributed by atoms with van der Waals surface area (Å²) in [6.07, 6.45) is -0.215. The molecule has 1 atom stereocenters. The molecule has 0 saturated carbocycles. The van der Waals surface area contributed by atoms with Gasteiger partial charge in [0, 0.05) is 16.0 Å². The predicted molar refractivity (Wildman–Crippen MR) is 68.2 cm³/mol. The van der Waals surface area contributed by atoms with E-state index in [1.165, 1.54) is 10.4 Å². The van der Waals surface area contributed by atoms with Crippen molar-refractivity contribution in [3.8, 4) is 0 Å². The second kappa shape index (κ2) is 3.67. The molecular formula is C14H11NO2S. The minimum atomic E-state index is -0.215. The van der Waals surface area contributed by atoms with Crippen LogP contribution < -0.4 is 0 Å². The predicted octanol–water partition coefficient (Wildman–Crippen LogP) is 2.93. The molecule has 2 aliphatic heterocycles. The molecule has 3 nitrogen and oxygen atoms in total. The molecule has 0 aliphatic carbocycles. The summed E-state index contributed by atoms with van der Waals surface area (Å²) in [6.45, 7) is 1.24. The first kappa shape index (κ1) is 10.3. The Morgan fingerprint density at radius 1 is 1.28 bits per heavy atom. The van der Waals surface area contributed by atoms with Crippen LogP contribution in [0, 0.1) is 0 Å². The minimum Gasteiger partial charge on any atom is -0.349 e. The van der Waals surface area contributed by atoms with Crippen molar-refractivity contribution >= 4 is 17.2 Å². The summed E-state index contributed by atoms with van der Waals surface area (Å²) in [5.41, 5.74) is 2.99. The van der Waals surface area contributed by atoms with Gasteiger partial charge in [-0.2, -0.15) is 0 Å². The Kier molecular flexibility index (Phi) is 2.10. The maximum atomic E-state index is 12.4. The van der Waals surface area contributed by atoms with Crippen molar-refractivity contribution in [3.05, 3.63) is 57.3 Å². The molecule has 90 valence electrons. The third kappa shape index (κ3) is 1.30. The van der Waals surface area contributed by atoms with E-state index in [2.05, 4.69) is 11.4 Å². The summed E-state index contributed by atoms with van der Waals surface area (Å²) in [7, 11) is 0. The Bertz CT molecular complexity index is 634. The molecule has 1 unspecified atom stereocenters. The zero-order valence-electron chi connectivity index (χ0n) is 9.63. The SMILES string of the molecule is O=C1c2ccccc2C2OCc3ccsc3CN12. The molecule has 0 radical (unpaired) electrons. The van der Waals surface area contributed by atoms with Gasteiger partial charge in [-0.1, -0.05) is 18.2 Å². The molecule has 0 spiro atoms. The number of carbonyl (C=O) groups is 1. The van der Waals surface area contributed by atoms with Crippen LogP contribution in [0.4, 0.5) is 0 Å². The highest BCUT2D eigenvalue weighted by molar-refractivity contribution is 7.10. The summed E-state index contributed by atoms with van der Waals surface area (Å²) in [4.78, 5) is 15.4. The Balaban J connectivity index is 1.81. The second-order valence-corrected chi connectivity index (χ2v) is 5.55. The summed E-state index contributed by atoms with van der Waals surface area (Å²) < 4.78 is 5.92. The van der Waals surface area contributed by atoms with Crippen LogP contribution in [-0.4, -0.2) is 10.8 Å². The van der Waals surface area contributed by atoms with Gasteiger partial charge in [0.15, 0.2) is 6.23 Å². The third-order valence-electron chi connectivity index (χ3n) is 3.55. The zero-order chi connectivity index (χ0) is 12.1. The lowest BCUT2D eigenvalue weighted by molar-refractivity contribution is -0.0442. The zero-order valence-corrected chi connectivity index (χ0v) is 10.4. The van der Waals surface area contributed by atoms with Crippen molar-refractivity contribution in [1.29, 1.82) is 0 Å². The maximum absolute atomic E-state index is 12.4. The number of nitrogens with zero attached hydrogens (tertiary/aromatic N) is 1. The number of thiophene rings is 1. The largest absolute Gasteiger partial charge is 0.349 e. The number of amides is 1. The van der Waals surface area contributed by atoms with Crippen LogP contribution in [0.1, 0.15) is 32.6 Å². The average Bonchev–Trinajstić information content (AvgIpc) is 2.89. The maximum Gasteiger partial charge on any atom is 0.256 e. The van der Waals surface area contributed by atoms with E-state index in [4.69, 9.17) is 4.74 Å². The monoisotopic (exact) mass is 257 g/mol. The van der Waals surface area contributed by atoms with Gasteiger partial charge in [0.05, 0.1) is 13.2 Å². The number of fused-ring (bicyclic) bond motifs is 4. The fraction of sp³-hybridized carbons (Fsp3) is 0.214. The quantitative estimate of drug-likeness (QED) is 0.726. The molecule has 2 aromatic rings.